The van der Waals surface area contributed by atoms with Crippen LogP contribution in [0.3, 0.4) is 0 Å². The molecule has 0 bridgehead atoms. The Morgan fingerprint density at radius 1 is 1.60 bits per heavy atom. The van der Waals surface area contributed by atoms with Crippen LogP contribution in [0, 0.1) is 0 Å². The summed E-state index contributed by atoms with van der Waals surface area (Å²) in [5.41, 5.74) is 0. The summed E-state index contributed by atoms with van der Waals surface area (Å²) in [6.45, 7) is 3.89. The average molecular weight is 146 g/mol. The van der Waals surface area contributed by atoms with Crippen LogP contribution >= 0.6 is 0 Å². The molecule has 0 rings (SSSR count). The highest BCUT2D eigenvalue weighted by Gasteiger charge is 2.03. The standard InChI is InChI=1S/C7H14O3/c1-6(4-5-9-3)10-7(2)8/h6H,4-5H2,1-3H3. The molecule has 3 nitrogen and oxygen atoms in total. The number of carbonyl (C=O) groups excluding carboxylic acids is 1. The second-order valence-electron chi connectivity index (χ2n) is 2.20. The normalized spacial score (nSPS) is 12.7. The van der Waals surface area contributed by atoms with Crippen LogP contribution in [0.5, 0.6) is 0 Å². The van der Waals surface area contributed by atoms with Crippen molar-refractivity contribution in [2.45, 2.75) is 26.4 Å². The molecule has 0 aliphatic carbocycles. The van der Waals surface area contributed by atoms with E-state index in [1.54, 1.807) is 7.11 Å². The van der Waals surface area contributed by atoms with Crippen molar-refractivity contribution in [3.05, 3.63) is 0 Å². The van der Waals surface area contributed by atoms with Crippen molar-refractivity contribution in [3.63, 3.8) is 0 Å². The van der Waals surface area contributed by atoms with Gasteiger partial charge in [-0.1, -0.05) is 0 Å². The minimum Gasteiger partial charge on any atom is -0.463 e. The molecular weight excluding hydrogens is 132 g/mol. The molecule has 3 heteroatoms. The first-order valence-corrected chi connectivity index (χ1v) is 3.33. The monoisotopic (exact) mass is 146 g/mol. The zero-order valence-corrected chi connectivity index (χ0v) is 6.72. The van der Waals surface area contributed by atoms with E-state index in [-0.39, 0.29) is 12.1 Å². The summed E-state index contributed by atoms with van der Waals surface area (Å²) in [6, 6.07) is 0. The molecule has 0 aromatic rings. The van der Waals surface area contributed by atoms with Crippen LogP contribution in [0.1, 0.15) is 20.3 Å². The number of ether oxygens (including phenoxy) is 2. The largest absolute Gasteiger partial charge is 0.463 e. The lowest BCUT2D eigenvalue weighted by Crippen LogP contribution is -2.13. The molecule has 1 unspecified atom stereocenters. The van der Waals surface area contributed by atoms with Crippen LogP contribution in [-0.4, -0.2) is 25.8 Å². The van der Waals surface area contributed by atoms with E-state index in [1.165, 1.54) is 6.92 Å². The molecule has 0 aliphatic rings. The molecule has 0 aromatic heterocycles. The Morgan fingerprint density at radius 2 is 2.20 bits per heavy atom. The molecule has 10 heavy (non-hydrogen) atoms. The van der Waals surface area contributed by atoms with Crippen molar-refractivity contribution in [2.75, 3.05) is 13.7 Å². The van der Waals surface area contributed by atoms with Gasteiger partial charge in [0, 0.05) is 27.1 Å². The van der Waals surface area contributed by atoms with Crippen LogP contribution in [0.2, 0.25) is 0 Å². The van der Waals surface area contributed by atoms with E-state index < -0.39 is 0 Å². The molecule has 0 fully saturated rings. The fraction of sp³-hybridized carbons (Fsp3) is 0.857. The Morgan fingerprint density at radius 3 is 2.60 bits per heavy atom. The first-order valence-electron chi connectivity index (χ1n) is 3.33. The van der Waals surface area contributed by atoms with Crippen molar-refractivity contribution < 1.29 is 14.3 Å². The third-order valence-corrected chi connectivity index (χ3v) is 1.10. The number of esters is 1. The topological polar surface area (TPSA) is 35.5 Å². The molecule has 0 heterocycles. The van der Waals surface area contributed by atoms with Crippen LogP contribution < -0.4 is 0 Å². The lowest BCUT2D eigenvalue weighted by molar-refractivity contribution is -0.146. The van der Waals surface area contributed by atoms with E-state index in [9.17, 15) is 4.79 Å². The highest BCUT2D eigenvalue weighted by molar-refractivity contribution is 5.66. The van der Waals surface area contributed by atoms with E-state index in [0.717, 1.165) is 6.42 Å². The maximum absolute atomic E-state index is 10.4. The van der Waals surface area contributed by atoms with Gasteiger partial charge in [-0.15, -0.1) is 0 Å². The van der Waals surface area contributed by atoms with E-state index in [1.807, 2.05) is 6.92 Å². The summed E-state index contributed by atoms with van der Waals surface area (Å²) in [7, 11) is 1.63. The summed E-state index contributed by atoms with van der Waals surface area (Å²) in [6.07, 6.45) is 0.730. The summed E-state index contributed by atoms with van der Waals surface area (Å²) in [5, 5.41) is 0. The zero-order chi connectivity index (χ0) is 7.98. The Labute approximate surface area is 61.3 Å². The first-order chi connectivity index (χ1) is 4.66. The fourth-order valence-corrected chi connectivity index (χ4v) is 0.626. The van der Waals surface area contributed by atoms with Crippen molar-refractivity contribution in [1.82, 2.24) is 0 Å². The number of methoxy groups -OCH3 is 1. The molecular formula is C7H14O3. The molecule has 0 saturated heterocycles. The van der Waals surface area contributed by atoms with Gasteiger partial charge >= 0.3 is 5.97 Å². The Bertz CT molecular complexity index is 101. The molecule has 1 atom stereocenters. The maximum Gasteiger partial charge on any atom is 0.302 e. The predicted molar refractivity (Wildman–Crippen MR) is 37.7 cm³/mol. The van der Waals surface area contributed by atoms with Crippen molar-refractivity contribution in [2.24, 2.45) is 0 Å². The van der Waals surface area contributed by atoms with Gasteiger partial charge in [0.15, 0.2) is 0 Å². The molecule has 0 saturated carbocycles. The molecule has 0 N–H and O–H groups in total. The van der Waals surface area contributed by atoms with Crippen LogP contribution in [0.15, 0.2) is 0 Å². The molecule has 0 aromatic carbocycles. The Balaban J connectivity index is 3.25. The van der Waals surface area contributed by atoms with Crippen LogP contribution in [0.25, 0.3) is 0 Å². The van der Waals surface area contributed by atoms with Crippen LogP contribution in [0.4, 0.5) is 0 Å². The zero-order valence-electron chi connectivity index (χ0n) is 6.72. The predicted octanol–water partition coefficient (Wildman–Crippen LogP) is 0.974. The van der Waals surface area contributed by atoms with Gasteiger partial charge in [-0.3, -0.25) is 4.79 Å². The number of hydrogen-bond acceptors (Lipinski definition) is 3. The lowest BCUT2D eigenvalue weighted by Gasteiger charge is -2.09. The van der Waals surface area contributed by atoms with Gasteiger partial charge in [0.2, 0.25) is 0 Å². The third-order valence-electron chi connectivity index (χ3n) is 1.10. The molecule has 60 valence electrons. The van der Waals surface area contributed by atoms with Gasteiger partial charge in [-0.05, 0) is 6.92 Å². The van der Waals surface area contributed by atoms with E-state index in [2.05, 4.69) is 0 Å². The Kier molecular flexibility index (Phi) is 4.94. The van der Waals surface area contributed by atoms with E-state index in [4.69, 9.17) is 9.47 Å². The maximum atomic E-state index is 10.4. The quantitative estimate of drug-likeness (QED) is 0.554. The second kappa shape index (κ2) is 5.23. The van der Waals surface area contributed by atoms with Gasteiger partial charge in [-0.25, -0.2) is 0 Å². The average Bonchev–Trinajstić information content (AvgIpc) is 1.82. The molecule has 0 spiro atoms. The molecule has 0 radical (unpaired) electrons. The number of hydrogen-bond donors (Lipinski definition) is 0. The van der Waals surface area contributed by atoms with Crippen molar-refractivity contribution >= 4 is 5.97 Å². The van der Waals surface area contributed by atoms with Gasteiger partial charge in [-0.2, -0.15) is 0 Å². The van der Waals surface area contributed by atoms with Crippen molar-refractivity contribution in [3.8, 4) is 0 Å². The second-order valence-corrected chi connectivity index (χ2v) is 2.20. The molecule has 0 aliphatic heterocycles. The third kappa shape index (κ3) is 5.56. The minimum absolute atomic E-state index is 0.0301. The highest BCUT2D eigenvalue weighted by atomic mass is 16.5. The van der Waals surface area contributed by atoms with Crippen molar-refractivity contribution in [1.29, 1.82) is 0 Å². The Hall–Kier alpha value is -0.570. The summed E-state index contributed by atoms with van der Waals surface area (Å²) < 4.78 is 9.64. The van der Waals surface area contributed by atoms with Gasteiger partial charge in [0.1, 0.15) is 6.10 Å². The van der Waals surface area contributed by atoms with Gasteiger partial charge < -0.3 is 9.47 Å². The first kappa shape index (κ1) is 9.43. The minimum atomic E-state index is -0.233. The SMILES string of the molecule is COCCC(C)OC(C)=O. The van der Waals surface area contributed by atoms with Gasteiger partial charge in [0.25, 0.3) is 0 Å². The number of rotatable bonds is 4. The van der Waals surface area contributed by atoms with E-state index in [0.29, 0.717) is 6.61 Å². The van der Waals surface area contributed by atoms with Crippen LogP contribution in [-0.2, 0) is 14.3 Å². The highest BCUT2D eigenvalue weighted by Crippen LogP contribution is 1.96. The van der Waals surface area contributed by atoms with E-state index >= 15 is 0 Å². The number of carbonyl (C=O) groups is 1. The fourth-order valence-electron chi connectivity index (χ4n) is 0.626. The summed E-state index contributed by atoms with van der Waals surface area (Å²) in [4.78, 5) is 10.4. The summed E-state index contributed by atoms with van der Waals surface area (Å²) in [5.74, 6) is -0.233. The van der Waals surface area contributed by atoms with Gasteiger partial charge in [0.05, 0.1) is 0 Å². The summed E-state index contributed by atoms with van der Waals surface area (Å²) >= 11 is 0. The molecule has 0 amide bonds. The smallest absolute Gasteiger partial charge is 0.302 e. The lowest BCUT2D eigenvalue weighted by atomic mass is 10.3.